The van der Waals surface area contributed by atoms with Gasteiger partial charge >= 0.3 is 5.97 Å². The molecule has 0 bridgehead atoms. The van der Waals surface area contributed by atoms with Crippen LogP contribution in [0.4, 0.5) is 0 Å². The van der Waals surface area contributed by atoms with Gasteiger partial charge < -0.3 is 9.63 Å². The fourth-order valence-electron chi connectivity index (χ4n) is 1.42. The smallest absolute Gasteiger partial charge is 0.341 e. The molecule has 1 N–H and O–H groups in total. The summed E-state index contributed by atoms with van der Waals surface area (Å²) >= 11 is 0. The molecule has 84 valence electrons. The van der Waals surface area contributed by atoms with E-state index in [0.717, 1.165) is 0 Å². The van der Waals surface area contributed by atoms with Crippen LogP contribution in [0.2, 0.25) is 0 Å². The predicted molar refractivity (Wildman–Crippen MR) is 56.3 cm³/mol. The second kappa shape index (κ2) is 3.68. The summed E-state index contributed by atoms with van der Waals surface area (Å²) in [6.07, 6.45) is 0. The highest BCUT2D eigenvalue weighted by Gasteiger charge is 2.31. The van der Waals surface area contributed by atoms with E-state index in [-0.39, 0.29) is 16.9 Å². The van der Waals surface area contributed by atoms with E-state index in [9.17, 15) is 4.79 Å². The van der Waals surface area contributed by atoms with Gasteiger partial charge in [0.05, 0.1) is 0 Å². The van der Waals surface area contributed by atoms with Crippen molar-refractivity contribution >= 4 is 5.97 Å². The number of aromatic nitrogens is 1. The molecule has 4 heteroatoms. The second-order valence-corrected chi connectivity index (χ2v) is 4.98. The zero-order valence-corrected chi connectivity index (χ0v) is 9.79. The van der Waals surface area contributed by atoms with E-state index >= 15 is 0 Å². The number of hydrogen-bond acceptors (Lipinski definition) is 3. The molecule has 0 atom stereocenters. The first-order valence-corrected chi connectivity index (χ1v) is 4.98. The van der Waals surface area contributed by atoms with E-state index in [1.165, 1.54) is 0 Å². The summed E-state index contributed by atoms with van der Waals surface area (Å²) in [6, 6.07) is 0. The van der Waals surface area contributed by atoms with Gasteiger partial charge in [-0.05, 0) is 0 Å². The Kier molecular flexibility index (Phi) is 2.88. The Balaban J connectivity index is 3.37. The first-order chi connectivity index (χ1) is 6.75. The van der Waals surface area contributed by atoms with Crippen LogP contribution in [-0.4, -0.2) is 16.2 Å². The highest BCUT2D eigenvalue weighted by atomic mass is 16.5. The number of hydrogen-bond donors (Lipinski definition) is 1. The summed E-state index contributed by atoms with van der Waals surface area (Å²) in [5.41, 5.74) is 0.417. The van der Waals surface area contributed by atoms with E-state index in [4.69, 9.17) is 9.63 Å². The van der Waals surface area contributed by atoms with Crippen molar-refractivity contribution in [2.75, 3.05) is 0 Å². The largest absolute Gasteiger partial charge is 0.477 e. The molecule has 0 aliphatic heterocycles. The lowest BCUT2D eigenvalue weighted by Crippen LogP contribution is -2.17. The number of aromatic carboxylic acids is 1. The summed E-state index contributed by atoms with van der Waals surface area (Å²) in [5.74, 6) is -0.489. The molecule has 0 spiro atoms. The lowest BCUT2D eigenvalue weighted by molar-refractivity contribution is 0.0691. The van der Waals surface area contributed by atoms with Gasteiger partial charge in [0.15, 0.2) is 5.76 Å². The topological polar surface area (TPSA) is 63.3 Å². The van der Waals surface area contributed by atoms with Crippen LogP contribution in [0, 0.1) is 0 Å². The maximum Gasteiger partial charge on any atom is 0.341 e. The SMILES string of the molecule is CC(C)c1onc(C(C)(C)C)c1C(=O)O. The van der Waals surface area contributed by atoms with Crippen LogP contribution < -0.4 is 0 Å². The highest BCUT2D eigenvalue weighted by molar-refractivity contribution is 5.90. The Hall–Kier alpha value is -1.32. The van der Waals surface area contributed by atoms with Crippen LogP contribution in [0.1, 0.15) is 62.3 Å². The van der Waals surface area contributed by atoms with Gasteiger partial charge in [-0.25, -0.2) is 4.79 Å². The summed E-state index contributed by atoms with van der Waals surface area (Å²) in [6.45, 7) is 9.53. The zero-order valence-electron chi connectivity index (χ0n) is 9.79. The predicted octanol–water partition coefficient (Wildman–Crippen LogP) is 2.79. The van der Waals surface area contributed by atoms with Crippen LogP contribution in [0.15, 0.2) is 4.52 Å². The number of carboxylic acids is 1. The molecule has 0 fully saturated rings. The molecule has 1 heterocycles. The van der Waals surface area contributed by atoms with Crippen molar-refractivity contribution in [1.82, 2.24) is 5.16 Å². The van der Waals surface area contributed by atoms with E-state index in [0.29, 0.717) is 11.5 Å². The Morgan fingerprint density at radius 3 is 2.27 bits per heavy atom. The molecule has 0 aliphatic rings. The van der Waals surface area contributed by atoms with Crippen molar-refractivity contribution in [3.05, 3.63) is 17.0 Å². The minimum absolute atomic E-state index is 0.0275. The third-order valence-corrected chi connectivity index (χ3v) is 2.17. The maximum absolute atomic E-state index is 11.2. The molecule has 0 amide bonds. The molecular weight excluding hydrogens is 194 g/mol. The fraction of sp³-hybridized carbons (Fsp3) is 0.636. The summed E-state index contributed by atoms with van der Waals surface area (Å²) in [4.78, 5) is 11.2. The van der Waals surface area contributed by atoms with E-state index in [1.54, 1.807) is 0 Å². The average molecular weight is 211 g/mol. The lowest BCUT2D eigenvalue weighted by atomic mass is 9.87. The van der Waals surface area contributed by atoms with Crippen LogP contribution in [0.5, 0.6) is 0 Å². The Labute approximate surface area is 89.3 Å². The van der Waals surface area contributed by atoms with Gasteiger partial charge in [-0.3, -0.25) is 0 Å². The molecule has 0 radical (unpaired) electrons. The molecule has 4 nitrogen and oxygen atoms in total. The fourth-order valence-corrected chi connectivity index (χ4v) is 1.42. The molecule has 0 aromatic carbocycles. The summed E-state index contributed by atoms with van der Waals surface area (Å²) in [5, 5.41) is 13.0. The molecule has 0 unspecified atom stereocenters. The van der Waals surface area contributed by atoms with Crippen LogP contribution in [0.25, 0.3) is 0 Å². The number of rotatable bonds is 2. The van der Waals surface area contributed by atoms with Crippen LogP contribution in [-0.2, 0) is 5.41 Å². The first-order valence-electron chi connectivity index (χ1n) is 4.98. The molecule has 1 rings (SSSR count). The minimum atomic E-state index is -0.968. The Morgan fingerprint density at radius 1 is 1.40 bits per heavy atom. The lowest BCUT2D eigenvalue weighted by Gasteiger charge is -2.15. The Bertz CT molecular complexity index is 372. The molecule has 0 saturated carbocycles. The maximum atomic E-state index is 11.2. The van der Waals surface area contributed by atoms with Crippen LogP contribution >= 0.6 is 0 Å². The third kappa shape index (κ3) is 2.19. The van der Waals surface area contributed by atoms with E-state index in [1.807, 2.05) is 34.6 Å². The first kappa shape index (κ1) is 11.8. The van der Waals surface area contributed by atoms with Gasteiger partial charge in [-0.2, -0.15) is 0 Å². The quantitative estimate of drug-likeness (QED) is 0.817. The molecule has 15 heavy (non-hydrogen) atoms. The standard InChI is InChI=1S/C11H17NO3/c1-6(2)8-7(10(13)14)9(12-15-8)11(3,4)5/h6H,1-5H3,(H,13,14). The number of carbonyl (C=O) groups is 1. The number of carboxylic acid groups (broad SMARTS) is 1. The monoisotopic (exact) mass is 211 g/mol. The van der Waals surface area contributed by atoms with Gasteiger partial charge in [0, 0.05) is 11.3 Å². The van der Waals surface area contributed by atoms with Gasteiger partial charge in [0.25, 0.3) is 0 Å². The van der Waals surface area contributed by atoms with Crippen LogP contribution in [0.3, 0.4) is 0 Å². The van der Waals surface area contributed by atoms with Gasteiger partial charge in [-0.15, -0.1) is 0 Å². The van der Waals surface area contributed by atoms with Crippen molar-refractivity contribution in [1.29, 1.82) is 0 Å². The Morgan fingerprint density at radius 2 is 1.93 bits per heavy atom. The molecule has 1 aromatic heterocycles. The molecule has 0 aliphatic carbocycles. The van der Waals surface area contributed by atoms with Crippen molar-refractivity contribution in [2.24, 2.45) is 0 Å². The zero-order chi connectivity index (χ0) is 11.8. The van der Waals surface area contributed by atoms with Crippen molar-refractivity contribution < 1.29 is 14.4 Å². The third-order valence-electron chi connectivity index (χ3n) is 2.17. The van der Waals surface area contributed by atoms with Gasteiger partial charge in [0.1, 0.15) is 11.3 Å². The molecule has 0 saturated heterocycles. The van der Waals surface area contributed by atoms with Gasteiger partial charge in [0.2, 0.25) is 0 Å². The average Bonchev–Trinajstić information content (AvgIpc) is 2.45. The van der Waals surface area contributed by atoms with Gasteiger partial charge in [-0.1, -0.05) is 39.8 Å². The molecule has 1 aromatic rings. The van der Waals surface area contributed by atoms with Crippen molar-refractivity contribution in [3.8, 4) is 0 Å². The molecular formula is C11H17NO3. The van der Waals surface area contributed by atoms with Crippen molar-refractivity contribution in [3.63, 3.8) is 0 Å². The second-order valence-electron chi connectivity index (χ2n) is 4.98. The van der Waals surface area contributed by atoms with E-state index < -0.39 is 5.97 Å². The van der Waals surface area contributed by atoms with E-state index in [2.05, 4.69) is 5.16 Å². The van der Waals surface area contributed by atoms with Crippen molar-refractivity contribution in [2.45, 2.75) is 46.0 Å². The minimum Gasteiger partial charge on any atom is -0.477 e. The summed E-state index contributed by atoms with van der Waals surface area (Å²) < 4.78 is 5.11. The number of nitrogens with zero attached hydrogens (tertiary/aromatic N) is 1. The highest BCUT2D eigenvalue weighted by Crippen LogP contribution is 2.30. The summed E-state index contributed by atoms with van der Waals surface area (Å²) in [7, 11) is 0. The normalized spacial score (nSPS) is 12.1.